The molecule has 1 rings (SSSR count). The van der Waals surface area contributed by atoms with Crippen molar-refractivity contribution in [1.82, 2.24) is 0 Å². The number of rotatable bonds is 6. The smallest absolute Gasteiger partial charge is 0.157 e. The summed E-state index contributed by atoms with van der Waals surface area (Å²) < 4.78 is 11.1. The van der Waals surface area contributed by atoms with Crippen molar-refractivity contribution >= 4 is 0 Å². The molecule has 0 aromatic carbocycles. The van der Waals surface area contributed by atoms with Crippen LogP contribution in [0, 0.1) is 23.2 Å². The Morgan fingerprint density at radius 2 is 1.81 bits per heavy atom. The van der Waals surface area contributed by atoms with Gasteiger partial charge in [-0.25, -0.2) is 0 Å². The van der Waals surface area contributed by atoms with Crippen LogP contribution in [0.2, 0.25) is 0 Å². The number of nitriles is 1. The van der Waals surface area contributed by atoms with Crippen molar-refractivity contribution in [3.05, 3.63) is 0 Å². The Balaban J connectivity index is 2.44. The number of hydrogen-bond donors (Lipinski definition) is 0. The molecule has 0 aliphatic heterocycles. The van der Waals surface area contributed by atoms with Crippen LogP contribution in [0.25, 0.3) is 0 Å². The van der Waals surface area contributed by atoms with E-state index in [0.29, 0.717) is 19.1 Å². The van der Waals surface area contributed by atoms with Crippen LogP contribution in [0.15, 0.2) is 0 Å². The highest BCUT2D eigenvalue weighted by Crippen LogP contribution is 2.33. The lowest BCUT2D eigenvalue weighted by Crippen LogP contribution is -2.27. The van der Waals surface area contributed by atoms with E-state index in [4.69, 9.17) is 14.7 Å². The fourth-order valence-electron chi connectivity index (χ4n) is 2.46. The first-order valence-electron chi connectivity index (χ1n) is 6.44. The molecule has 0 amide bonds. The normalized spacial score (nSPS) is 25.6. The van der Waals surface area contributed by atoms with Crippen LogP contribution in [0.5, 0.6) is 0 Å². The van der Waals surface area contributed by atoms with Crippen LogP contribution in [-0.2, 0) is 9.47 Å². The van der Waals surface area contributed by atoms with E-state index in [-0.39, 0.29) is 12.2 Å². The van der Waals surface area contributed by atoms with Gasteiger partial charge in [0.05, 0.1) is 6.07 Å². The summed E-state index contributed by atoms with van der Waals surface area (Å²) in [4.78, 5) is 0. The molecule has 16 heavy (non-hydrogen) atoms. The van der Waals surface area contributed by atoms with E-state index < -0.39 is 0 Å². The first-order valence-corrected chi connectivity index (χ1v) is 6.44. The standard InChI is InChI=1S/C13H23NO2/c1-3-15-13(16-4-2)9-11-7-5-6-8-12(11)10-14/h11-13H,3-9H2,1-2H3. The molecule has 3 heteroatoms. The topological polar surface area (TPSA) is 42.2 Å². The summed E-state index contributed by atoms with van der Waals surface area (Å²) in [5.74, 6) is 0.666. The number of nitrogens with zero attached hydrogens (tertiary/aromatic N) is 1. The molecule has 1 saturated carbocycles. The van der Waals surface area contributed by atoms with Gasteiger partial charge in [-0.2, -0.15) is 5.26 Å². The fourth-order valence-corrected chi connectivity index (χ4v) is 2.46. The van der Waals surface area contributed by atoms with Gasteiger partial charge >= 0.3 is 0 Å². The van der Waals surface area contributed by atoms with E-state index in [1.165, 1.54) is 12.8 Å². The highest BCUT2D eigenvalue weighted by atomic mass is 16.7. The van der Waals surface area contributed by atoms with E-state index in [1.807, 2.05) is 13.8 Å². The lowest BCUT2D eigenvalue weighted by atomic mass is 9.78. The summed E-state index contributed by atoms with van der Waals surface area (Å²) in [6.07, 6.45) is 5.39. The first kappa shape index (κ1) is 13.5. The maximum atomic E-state index is 9.10. The van der Waals surface area contributed by atoms with Gasteiger partial charge in [0.1, 0.15) is 0 Å². The zero-order valence-electron chi connectivity index (χ0n) is 10.4. The molecule has 1 fully saturated rings. The molecule has 0 radical (unpaired) electrons. The van der Waals surface area contributed by atoms with Gasteiger partial charge in [-0.05, 0) is 32.6 Å². The quantitative estimate of drug-likeness (QED) is 0.652. The Kier molecular flexibility index (Phi) is 6.44. The van der Waals surface area contributed by atoms with Crippen LogP contribution >= 0.6 is 0 Å². The third kappa shape index (κ3) is 4.11. The summed E-state index contributed by atoms with van der Waals surface area (Å²) in [7, 11) is 0. The minimum Gasteiger partial charge on any atom is -0.353 e. The van der Waals surface area contributed by atoms with Crippen molar-refractivity contribution in [3.63, 3.8) is 0 Å². The minimum atomic E-state index is -0.117. The molecule has 0 aromatic heterocycles. The molecule has 0 saturated heterocycles. The van der Waals surface area contributed by atoms with Crippen molar-refractivity contribution in [3.8, 4) is 6.07 Å². The highest BCUT2D eigenvalue weighted by Gasteiger charge is 2.27. The third-order valence-electron chi connectivity index (χ3n) is 3.28. The van der Waals surface area contributed by atoms with Crippen LogP contribution in [-0.4, -0.2) is 19.5 Å². The van der Waals surface area contributed by atoms with Crippen molar-refractivity contribution in [2.75, 3.05) is 13.2 Å². The van der Waals surface area contributed by atoms with E-state index in [0.717, 1.165) is 19.3 Å². The van der Waals surface area contributed by atoms with Gasteiger partial charge < -0.3 is 9.47 Å². The second kappa shape index (κ2) is 7.65. The monoisotopic (exact) mass is 225 g/mol. The Labute approximate surface area is 98.7 Å². The summed E-state index contributed by atoms with van der Waals surface area (Å²) in [6, 6.07) is 2.43. The van der Waals surface area contributed by atoms with E-state index in [2.05, 4.69) is 6.07 Å². The van der Waals surface area contributed by atoms with Gasteiger partial charge in [-0.1, -0.05) is 12.8 Å². The zero-order valence-corrected chi connectivity index (χ0v) is 10.4. The first-order chi connectivity index (χ1) is 7.81. The van der Waals surface area contributed by atoms with Gasteiger partial charge in [0, 0.05) is 25.6 Å². The van der Waals surface area contributed by atoms with Crippen molar-refractivity contribution in [2.24, 2.45) is 11.8 Å². The van der Waals surface area contributed by atoms with Gasteiger partial charge in [0.15, 0.2) is 6.29 Å². The molecular weight excluding hydrogens is 202 g/mol. The van der Waals surface area contributed by atoms with Crippen LogP contribution in [0.3, 0.4) is 0 Å². The van der Waals surface area contributed by atoms with Gasteiger partial charge in [0.2, 0.25) is 0 Å². The van der Waals surface area contributed by atoms with Crippen LogP contribution < -0.4 is 0 Å². The maximum Gasteiger partial charge on any atom is 0.157 e. The van der Waals surface area contributed by atoms with Gasteiger partial charge in [-0.3, -0.25) is 0 Å². The molecule has 92 valence electrons. The Morgan fingerprint density at radius 1 is 1.19 bits per heavy atom. The average Bonchev–Trinajstić information content (AvgIpc) is 2.30. The van der Waals surface area contributed by atoms with Gasteiger partial charge in [0.25, 0.3) is 0 Å². The number of ether oxygens (including phenoxy) is 2. The second-order valence-corrected chi connectivity index (χ2v) is 4.36. The lowest BCUT2D eigenvalue weighted by Gasteiger charge is -2.29. The predicted molar refractivity (Wildman–Crippen MR) is 62.7 cm³/mol. The molecule has 2 unspecified atom stereocenters. The van der Waals surface area contributed by atoms with E-state index >= 15 is 0 Å². The zero-order chi connectivity index (χ0) is 11.8. The van der Waals surface area contributed by atoms with E-state index in [9.17, 15) is 0 Å². The third-order valence-corrected chi connectivity index (χ3v) is 3.28. The Morgan fingerprint density at radius 3 is 2.38 bits per heavy atom. The lowest BCUT2D eigenvalue weighted by molar-refractivity contribution is -0.149. The molecule has 3 nitrogen and oxygen atoms in total. The maximum absolute atomic E-state index is 9.10. The molecule has 0 spiro atoms. The molecule has 0 bridgehead atoms. The molecule has 0 aromatic rings. The average molecular weight is 225 g/mol. The molecule has 1 aliphatic carbocycles. The van der Waals surface area contributed by atoms with Crippen LogP contribution in [0.4, 0.5) is 0 Å². The summed E-state index contributed by atoms with van der Waals surface area (Å²) in [5, 5.41) is 9.10. The fraction of sp³-hybridized carbons (Fsp3) is 0.923. The minimum absolute atomic E-state index is 0.117. The van der Waals surface area contributed by atoms with E-state index in [1.54, 1.807) is 0 Å². The van der Waals surface area contributed by atoms with Crippen molar-refractivity contribution in [1.29, 1.82) is 5.26 Å². The SMILES string of the molecule is CCOC(CC1CCCCC1C#N)OCC. The molecule has 1 aliphatic rings. The molecule has 0 N–H and O–H groups in total. The molecule has 0 heterocycles. The Bertz CT molecular complexity index is 218. The second-order valence-electron chi connectivity index (χ2n) is 4.36. The summed E-state index contributed by atoms with van der Waals surface area (Å²) in [6.45, 7) is 5.31. The largest absolute Gasteiger partial charge is 0.353 e. The molecule has 2 atom stereocenters. The summed E-state index contributed by atoms with van der Waals surface area (Å²) >= 11 is 0. The summed E-state index contributed by atoms with van der Waals surface area (Å²) in [5.41, 5.74) is 0. The molecular formula is C13H23NO2. The van der Waals surface area contributed by atoms with Crippen molar-refractivity contribution < 1.29 is 9.47 Å². The highest BCUT2D eigenvalue weighted by molar-refractivity contribution is 4.90. The van der Waals surface area contributed by atoms with Crippen LogP contribution in [0.1, 0.15) is 46.0 Å². The van der Waals surface area contributed by atoms with Gasteiger partial charge in [-0.15, -0.1) is 0 Å². The number of hydrogen-bond acceptors (Lipinski definition) is 3. The van der Waals surface area contributed by atoms with Crippen molar-refractivity contribution in [2.45, 2.75) is 52.2 Å². The predicted octanol–water partition coefficient (Wildman–Crippen LogP) is 3.11. The Hall–Kier alpha value is -0.590.